The highest BCUT2D eigenvalue weighted by Gasteiger charge is 2.13. The fourth-order valence-electron chi connectivity index (χ4n) is 2.54. The molecule has 0 atom stereocenters. The average Bonchev–Trinajstić information content (AvgIpc) is 3.22. The third-order valence-electron chi connectivity index (χ3n) is 3.77. The summed E-state index contributed by atoms with van der Waals surface area (Å²) < 4.78 is 3.30. The van der Waals surface area contributed by atoms with Crippen LogP contribution in [-0.4, -0.2) is 35.2 Å². The van der Waals surface area contributed by atoms with Crippen molar-refractivity contribution in [2.45, 2.75) is 0 Å². The fourth-order valence-corrected chi connectivity index (χ4v) is 2.54. The van der Waals surface area contributed by atoms with Crippen LogP contribution in [0, 0.1) is 0 Å². The van der Waals surface area contributed by atoms with E-state index in [0.717, 1.165) is 5.69 Å². The van der Waals surface area contributed by atoms with Crippen LogP contribution >= 0.6 is 0 Å². The molecule has 0 fully saturated rings. The van der Waals surface area contributed by atoms with Crippen molar-refractivity contribution in [2.75, 3.05) is 11.1 Å². The number of hydrogen-bond donors (Lipinski definition) is 2. The van der Waals surface area contributed by atoms with Gasteiger partial charge in [-0.1, -0.05) is 6.07 Å². The summed E-state index contributed by atoms with van der Waals surface area (Å²) in [6.45, 7) is 0. The van der Waals surface area contributed by atoms with Crippen molar-refractivity contribution in [3.05, 3.63) is 55.0 Å². The van der Waals surface area contributed by atoms with E-state index in [0.29, 0.717) is 28.4 Å². The molecule has 3 aromatic heterocycles. The summed E-state index contributed by atoms with van der Waals surface area (Å²) in [5, 5.41) is 7.81. The summed E-state index contributed by atoms with van der Waals surface area (Å²) in [5.74, 6) is 0.410. The Morgan fingerprint density at radius 2 is 2.12 bits per heavy atom. The first-order chi connectivity index (χ1) is 12.1. The van der Waals surface area contributed by atoms with Crippen LogP contribution in [0.4, 0.5) is 11.5 Å². The number of aromatic nitrogens is 6. The molecule has 4 aromatic rings. The number of anilines is 2. The maximum absolute atomic E-state index is 12.3. The van der Waals surface area contributed by atoms with Crippen molar-refractivity contribution >= 4 is 28.4 Å². The lowest BCUT2D eigenvalue weighted by molar-refractivity contribution is 0.101. The van der Waals surface area contributed by atoms with E-state index in [4.69, 9.17) is 5.73 Å². The molecule has 9 heteroatoms. The number of nitrogens with zero attached hydrogens (tertiary/aromatic N) is 6. The highest BCUT2D eigenvalue weighted by Crippen LogP contribution is 2.21. The second kappa shape index (κ2) is 5.71. The van der Waals surface area contributed by atoms with E-state index in [2.05, 4.69) is 25.4 Å². The fraction of sp³-hybridized carbons (Fsp3) is 0.0625. The number of aryl methyl sites for hydroxylation is 1. The second-order valence-electron chi connectivity index (χ2n) is 5.42. The van der Waals surface area contributed by atoms with Crippen molar-refractivity contribution in [3.8, 4) is 5.69 Å². The van der Waals surface area contributed by atoms with Gasteiger partial charge in [0.1, 0.15) is 12.1 Å². The van der Waals surface area contributed by atoms with Crippen LogP contribution in [0.25, 0.3) is 16.7 Å². The number of nitrogen functional groups attached to an aromatic ring is 1. The van der Waals surface area contributed by atoms with Crippen LogP contribution < -0.4 is 11.1 Å². The quantitative estimate of drug-likeness (QED) is 0.585. The number of rotatable bonds is 3. The van der Waals surface area contributed by atoms with Crippen molar-refractivity contribution in [1.29, 1.82) is 0 Å². The Kier molecular flexibility index (Phi) is 3.38. The molecule has 4 rings (SSSR count). The van der Waals surface area contributed by atoms with Gasteiger partial charge in [-0.25, -0.2) is 19.6 Å². The zero-order valence-corrected chi connectivity index (χ0v) is 13.3. The SMILES string of the molecule is Cn1ccnc1C(=O)Nc1cccc(-n2ncc3c(N)ncnc32)c1. The van der Waals surface area contributed by atoms with Crippen LogP contribution in [0.2, 0.25) is 0 Å². The predicted molar refractivity (Wildman–Crippen MR) is 92.2 cm³/mol. The molecule has 0 radical (unpaired) electrons. The zero-order valence-electron chi connectivity index (χ0n) is 13.3. The molecule has 124 valence electrons. The van der Waals surface area contributed by atoms with Gasteiger partial charge in [0.15, 0.2) is 11.5 Å². The predicted octanol–water partition coefficient (Wildman–Crippen LogP) is 1.38. The Morgan fingerprint density at radius 3 is 2.92 bits per heavy atom. The van der Waals surface area contributed by atoms with Gasteiger partial charge in [0, 0.05) is 25.1 Å². The van der Waals surface area contributed by atoms with E-state index in [1.165, 1.54) is 6.33 Å². The van der Waals surface area contributed by atoms with E-state index in [1.54, 1.807) is 47.0 Å². The van der Waals surface area contributed by atoms with Gasteiger partial charge >= 0.3 is 0 Å². The smallest absolute Gasteiger partial charge is 0.291 e. The van der Waals surface area contributed by atoms with Crippen LogP contribution in [0.3, 0.4) is 0 Å². The average molecular weight is 334 g/mol. The maximum Gasteiger partial charge on any atom is 0.291 e. The van der Waals surface area contributed by atoms with Gasteiger partial charge in [-0.2, -0.15) is 5.10 Å². The van der Waals surface area contributed by atoms with Crippen molar-refractivity contribution < 1.29 is 4.79 Å². The Hall–Kier alpha value is -3.75. The molecule has 0 saturated heterocycles. The Morgan fingerprint density at radius 1 is 1.24 bits per heavy atom. The van der Waals surface area contributed by atoms with E-state index in [-0.39, 0.29) is 5.91 Å². The van der Waals surface area contributed by atoms with Crippen molar-refractivity contribution in [3.63, 3.8) is 0 Å². The third kappa shape index (κ3) is 2.57. The minimum Gasteiger partial charge on any atom is -0.383 e. The molecule has 3 N–H and O–H groups in total. The number of hydrogen-bond acceptors (Lipinski definition) is 6. The lowest BCUT2D eigenvalue weighted by atomic mass is 10.2. The first-order valence-corrected chi connectivity index (χ1v) is 7.47. The Balaban J connectivity index is 1.68. The molecule has 0 aliphatic heterocycles. The molecule has 0 aliphatic carbocycles. The van der Waals surface area contributed by atoms with Gasteiger partial charge < -0.3 is 15.6 Å². The summed E-state index contributed by atoms with van der Waals surface area (Å²) in [6, 6.07) is 7.27. The highest BCUT2D eigenvalue weighted by atomic mass is 16.2. The lowest BCUT2D eigenvalue weighted by Gasteiger charge is -2.08. The number of carbonyl (C=O) groups excluding carboxylic acids is 1. The monoisotopic (exact) mass is 334 g/mol. The van der Waals surface area contributed by atoms with Gasteiger partial charge in [-0.3, -0.25) is 4.79 Å². The molecule has 0 unspecified atom stereocenters. The number of imidazole rings is 1. The van der Waals surface area contributed by atoms with Crippen LogP contribution in [0.15, 0.2) is 49.2 Å². The summed E-state index contributed by atoms with van der Waals surface area (Å²) >= 11 is 0. The summed E-state index contributed by atoms with van der Waals surface area (Å²) in [6.07, 6.45) is 6.29. The number of benzene rings is 1. The molecular formula is C16H14N8O. The van der Waals surface area contributed by atoms with Crippen LogP contribution in [0.5, 0.6) is 0 Å². The molecule has 3 heterocycles. The summed E-state index contributed by atoms with van der Waals surface area (Å²) in [5.41, 5.74) is 7.80. The minimum absolute atomic E-state index is 0.290. The zero-order chi connectivity index (χ0) is 17.4. The van der Waals surface area contributed by atoms with Gasteiger partial charge in [-0.05, 0) is 18.2 Å². The van der Waals surface area contributed by atoms with Gasteiger partial charge in [0.05, 0.1) is 17.3 Å². The lowest BCUT2D eigenvalue weighted by Crippen LogP contribution is -2.16. The summed E-state index contributed by atoms with van der Waals surface area (Å²) in [4.78, 5) is 24.5. The van der Waals surface area contributed by atoms with E-state index in [9.17, 15) is 4.79 Å². The third-order valence-corrected chi connectivity index (χ3v) is 3.77. The first-order valence-electron chi connectivity index (χ1n) is 7.47. The topological polar surface area (TPSA) is 117 Å². The van der Waals surface area contributed by atoms with Crippen molar-refractivity contribution in [1.82, 2.24) is 29.3 Å². The molecule has 0 bridgehead atoms. The van der Waals surface area contributed by atoms with Gasteiger partial charge in [0.25, 0.3) is 5.91 Å². The standard InChI is InChI=1S/C16H14N8O/c1-23-6-5-18-15(23)16(25)22-10-3-2-4-11(7-10)24-14-12(8-21-24)13(17)19-9-20-14/h2-9H,1H3,(H,22,25)(H2,17,19,20). The number of nitrogens with one attached hydrogen (secondary N) is 1. The Bertz CT molecular complexity index is 1080. The molecule has 9 nitrogen and oxygen atoms in total. The normalized spacial score (nSPS) is 10.9. The molecule has 1 amide bonds. The molecule has 0 saturated carbocycles. The summed E-state index contributed by atoms with van der Waals surface area (Å²) in [7, 11) is 1.76. The highest BCUT2D eigenvalue weighted by molar-refractivity contribution is 6.02. The molecule has 25 heavy (non-hydrogen) atoms. The minimum atomic E-state index is -0.290. The second-order valence-corrected chi connectivity index (χ2v) is 5.42. The van der Waals surface area contributed by atoms with Gasteiger partial charge in [0.2, 0.25) is 0 Å². The van der Waals surface area contributed by atoms with Crippen LogP contribution in [0.1, 0.15) is 10.6 Å². The Labute approximate surface area is 142 Å². The molecule has 0 aliphatic rings. The largest absolute Gasteiger partial charge is 0.383 e. The van der Waals surface area contributed by atoms with E-state index < -0.39 is 0 Å². The van der Waals surface area contributed by atoms with Crippen molar-refractivity contribution in [2.24, 2.45) is 7.05 Å². The van der Waals surface area contributed by atoms with Gasteiger partial charge in [-0.15, -0.1) is 0 Å². The number of amides is 1. The number of fused-ring (bicyclic) bond motifs is 1. The van der Waals surface area contributed by atoms with E-state index >= 15 is 0 Å². The molecular weight excluding hydrogens is 320 g/mol. The van der Waals surface area contributed by atoms with Crippen LogP contribution in [-0.2, 0) is 7.05 Å². The number of carbonyl (C=O) groups is 1. The first kappa shape index (κ1) is 14.8. The molecule has 0 spiro atoms. The maximum atomic E-state index is 12.3. The number of nitrogens with two attached hydrogens (primary N) is 1. The molecule has 1 aromatic carbocycles. The van der Waals surface area contributed by atoms with E-state index in [1.807, 2.05) is 12.1 Å².